The molecule has 1 aromatic rings. The SMILES string of the molecule is CCCCCc1cc(O)c(C2C=C(C)CCC2)c(O)c1SN1CCOCC1. The predicted octanol–water partition coefficient (Wildman–Crippen LogP) is 5.38. The molecule has 2 aliphatic rings. The Bertz CT molecular complexity index is 668. The van der Waals surface area contributed by atoms with Crippen LogP contribution in [0, 0.1) is 0 Å². The monoisotopic (exact) mass is 391 g/mol. The van der Waals surface area contributed by atoms with Crippen molar-refractivity contribution >= 4 is 11.9 Å². The second kappa shape index (κ2) is 9.85. The van der Waals surface area contributed by atoms with Crippen LogP contribution in [0.2, 0.25) is 0 Å². The second-order valence-electron chi connectivity index (χ2n) is 7.75. The normalized spacial score (nSPS) is 21.3. The van der Waals surface area contributed by atoms with E-state index < -0.39 is 0 Å². The number of phenolic OH excluding ortho intramolecular Hbond substituents is 2. The van der Waals surface area contributed by atoms with Gasteiger partial charge in [-0.05, 0) is 62.6 Å². The Morgan fingerprint density at radius 3 is 2.70 bits per heavy atom. The smallest absolute Gasteiger partial charge is 0.138 e. The van der Waals surface area contributed by atoms with Crippen LogP contribution in [-0.4, -0.2) is 40.8 Å². The molecular weight excluding hydrogens is 358 g/mol. The Labute approximate surface area is 167 Å². The molecule has 1 unspecified atom stereocenters. The summed E-state index contributed by atoms with van der Waals surface area (Å²) in [5.74, 6) is 0.641. The van der Waals surface area contributed by atoms with Crippen molar-refractivity contribution in [3.05, 3.63) is 28.8 Å². The van der Waals surface area contributed by atoms with E-state index in [0.717, 1.165) is 81.7 Å². The zero-order chi connectivity index (χ0) is 19.2. The zero-order valence-corrected chi connectivity index (χ0v) is 17.5. The molecule has 1 fully saturated rings. The van der Waals surface area contributed by atoms with Gasteiger partial charge in [0, 0.05) is 24.6 Å². The lowest BCUT2D eigenvalue weighted by Gasteiger charge is -2.28. The lowest BCUT2D eigenvalue weighted by molar-refractivity contribution is 0.0773. The Kier molecular flexibility index (Phi) is 7.50. The van der Waals surface area contributed by atoms with Gasteiger partial charge >= 0.3 is 0 Å². The number of hydrogen-bond acceptors (Lipinski definition) is 5. The van der Waals surface area contributed by atoms with Gasteiger partial charge in [0.1, 0.15) is 11.5 Å². The summed E-state index contributed by atoms with van der Waals surface area (Å²) in [6.07, 6.45) is 9.71. The fourth-order valence-electron chi connectivity index (χ4n) is 4.03. The van der Waals surface area contributed by atoms with Crippen molar-refractivity contribution in [1.82, 2.24) is 4.31 Å². The Hall–Kier alpha value is -1.17. The summed E-state index contributed by atoms with van der Waals surface area (Å²) in [4.78, 5) is 0.928. The first-order valence-corrected chi connectivity index (χ1v) is 11.1. The third-order valence-electron chi connectivity index (χ3n) is 5.53. The van der Waals surface area contributed by atoms with E-state index >= 15 is 0 Å². The molecule has 0 aromatic heterocycles. The standard InChI is InChI=1S/C22H33NO3S/c1-3-4-5-8-18-15-19(24)20(17-9-6-7-16(2)14-17)21(25)22(18)27-23-10-12-26-13-11-23/h14-15,17,24-25H,3-13H2,1-2H3. The molecule has 0 radical (unpaired) electrons. The van der Waals surface area contributed by atoms with Crippen LogP contribution in [-0.2, 0) is 11.2 Å². The minimum Gasteiger partial charge on any atom is -0.507 e. The summed E-state index contributed by atoms with van der Waals surface area (Å²) in [6, 6.07) is 1.91. The average molecular weight is 392 g/mol. The summed E-state index contributed by atoms with van der Waals surface area (Å²) in [6.45, 7) is 7.51. The summed E-state index contributed by atoms with van der Waals surface area (Å²) in [5, 5.41) is 22.0. The van der Waals surface area contributed by atoms with E-state index in [1.165, 1.54) is 5.57 Å². The topological polar surface area (TPSA) is 52.9 Å². The molecule has 0 bridgehead atoms. The third kappa shape index (κ3) is 5.21. The van der Waals surface area contributed by atoms with E-state index in [1.54, 1.807) is 11.9 Å². The first-order valence-electron chi connectivity index (χ1n) is 10.4. The number of ether oxygens (including phenoxy) is 1. The lowest BCUT2D eigenvalue weighted by Crippen LogP contribution is -2.31. The Morgan fingerprint density at radius 2 is 2.00 bits per heavy atom. The maximum atomic E-state index is 11.2. The van der Waals surface area contributed by atoms with Crippen molar-refractivity contribution in [2.24, 2.45) is 0 Å². The zero-order valence-electron chi connectivity index (χ0n) is 16.7. The fraction of sp³-hybridized carbons (Fsp3) is 0.636. The van der Waals surface area contributed by atoms with Gasteiger partial charge in [0.2, 0.25) is 0 Å². The molecular formula is C22H33NO3S. The fourth-order valence-corrected chi connectivity index (χ4v) is 5.09. The third-order valence-corrected chi connectivity index (χ3v) is 6.79. The van der Waals surface area contributed by atoms with Crippen LogP contribution < -0.4 is 0 Å². The summed E-state index contributed by atoms with van der Waals surface area (Å²) < 4.78 is 7.73. The number of aromatic hydroxyl groups is 2. The number of benzene rings is 1. The maximum Gasteiger partial charge on any atom is 0.138 e. The number of allylic oxidation sites excluding steroid dienone is 2. The van der Waals surface area contributed by atoms with Crippen molar-refractivity contribution in [2.45, 2.75) is 69.6 Å². The van der Waals surface area contributed by atoms with Crippen LogP contribution >= 0.6 is 11.9 Å². The van der Waals surface area contributed by atoms with Crippen LogP contribution in [0.15, 0.2) is 22.6 Å². The molecule has 1 saturated heterocycles. The van der Waals surface area contributed by atoms with Crippen molar-refractivity contribution in [3.63, 3.8) is 0 Å². The number of unbranched alkanes of at least 4 members (excludes halogenated alkanes) is 2. The Balaban J connectivity index is 1.94. The molecule has 0 amide bonds. The van der Waals surface area contributed by atoms with Crippen molar-refractivity contribution in [2.75, 3.05) is 26.3 Å². The summed E-state index contributed by atoms with van der Waals surface area (Å²) in [7, 11) is 0. The molecule has 1 atom stereocenters. The van der Waals surface area contributed by atoms with Gasteiger partial charge in [0.15, 0.2) is 0 Å². The van der Waals surface area contributed by atoms with Gasteiger partial charge < -0.3 is 14.9 Å². The summed E-state index contributed by atoms with van der Waals surface area (Å²) >= 11 is 1.64. The van der Waals surface area contributed by atoms with Crippen LogP contribution in [0.25, 0.3) is 0 Å². The van der Waals surface area contributed by atoms with Gasteiger partial charge in [-0.1, -0.05) is 31.4 Å². The molecule has 27 heavy (non-hydrogen) atoms. The molecule has 1 aliphatic carbocycles. The highest BCUT2D eigenvalue weighted by molar-refractivity contribution is 7.97. The quantitative estimate of drug-likeness (QED) is 0.371. The first-order chi connectivity index (χ1) is 13.1. The number of aryl methyl sites for hydroxylation is 1. The second-order valence-corrected chi connectivity index (χ2v) is 8.85. The molecule has 1 aliphatic heterocycles. The van der Waals surface area contributed by atoms with Gasteiger partial charge in [-0.2, -0.15) is 0 Å². The molecule has 2 N–H and O–H groups in total. The van der Waals surface area contributed by atoms with Crippen LogP contribution in [0.1, 0.15) is 69.4 Å². The minimum absolute atomic E-state index is 0.104. The largest absolute Gasteiger partial charge is 0.507 e. The van der Waals surface area contributed by atoms with Gasteiger partial charge in [-0.25, -0.2) is 4.31 Å². The molecule has 4 nitrogen and oxygen atoms in total. The number of hydrogen-bond donors (Lipinski definition) is 2. The minimum atomic E-state index is 0.104. The highest BCUT2D eigenvalue weighted by Gasteiger charge is 2.26. The van der Waals surface area contributed by atoms with Crippen molar-refractivity contribution in [3.8, 4) is 11.5 Å². The molecule has 1 aromatic carbocycles. The van der Waals surface area contributed by atoms with Crippen LogP contribution in [0.3, 0.4) is 0 Å². The molecule has 5 heteroatoms. The molecule has 1 heterocycles. The van der Waals surface area contributed by atoms with E-state index in [0.29, 0.717) is 5.56 Å². The number of phenols is 2. The Morgan fingerprint density at radius 1 is 1.22 bits per heavy atom. The van der Waals surface area contributed by atoms with Gasteiger partial charge in [0.05, 0.1) is 18.1 Å². The van der Waals surface area contributed by atoms with Crippen molar-refractivity contribution in [1.29, 1.82) is 0 Å². The van der Waals surface area contributed by atoms with E-state index in [9.17, 15) is 10.2 Å². The van der Waals surface area contributed by atoms with Gasteiger partial charge in [-0.15, -0.1) is 0 Å². The van der Waals surface area contributed by atoms with Crippen molar-refractivity contribution < 1.29 is 14.9 Å². The van der Waals surface area contributed by atoms with E-state index in [2.05, 4.69) is 24.2 Å². The number of nitrogens with zero attached hydrogens (tertiary/aromatic N) is 1. The number of rotatable bonds is 7. The van der Waals surface area contributed by atoms with Gasteiger partial charge in [0.25, 0.3) is 0 Å². The van der Waals surface area contributed by atoms with E-state index in [-0.39, 0.29) is 17.4 Å². The lowest BCUT2D eigenvalue weighted by atomic mass is 9.84. The molecule has 0 spiro atoms. The molecule has 3 rings (SSSR count). The maximum absolute atomic E-state index is 11.2. The highest BCUT2D eigenvalue weighted by atomic mass is 32.2. The van der Waals surface area contributed by atoms with E-state index in [4.69, 9.17) is 4.74 Å². The number of morpholine rings is 1. The molecule has 0 saturated carbocycles. The van der Waals surface area contributed by atoms with Crippen LogP contribution in [0.5, 0.6) is 11.5 Å². The average Bonchev–Trinajstić information content (AvgIpc) is 2.66. The first kappa shape index (κ1) is 20.6. The van der Waals surface area contributed by atoms with Gasteiger partial charge in [-0.3, -0.25) is 0 Å². The molecule has 150 valence electrons. The van der Waals surface area contributed by atoms with Crippen LogP contribution in [0.4, 0.5) is 0 Å². The highest BCUT2D eigenvalue weighted by Crippen LogP contribution is 2.47. The predicted molar refractivity (Wildman–Crippen MR) is 112 cm³/mol. The van der Waals surface area contributed by atoms with E-state index in [1.807, 2.05) is 6.07 Å². The summed E-state index contributed by atoms with van der Waals surface area (Å²) in [5.41, 5.74) is 3.12.